The van der Waals surface area contributed by atoms with E-state index in [9.17, 15) is 9.59 Å². The number of aromatic nitrogens is 4. The number of fused-ring (bicyclic) bond motifs is 2. The number of nitrogens with one attached hydrogen (secondary N) is 2. The molecule has 4 N–H and O–H groups in total. The lowest BCUT2D eigenvalue weighted by molar-refractivity contribution is 0.183. The molecule has 0 atom stereocenters. The number of piperidine rings is 1. The minimum absolute atomic E-state index is 0. The first-order valence-corrected chi connectivity index (χ1v) is 10.7. The number of halogens is 1. The van der Waals surface area contributed by atoms with E-state index in [0.29, 0.717) is 6.54 Å². The van der Waals surface area contributed by atoms with Crippen LogP contribution in [-0.2, 0) is 6.54 Å². The summed E-state index contributed by atoms with van der Waals surface area (Å²) in [5.74, 6) is 0. The molecule has 3 heterocycles. The minimum Gasteiger partial charge on any atom is -0.412 e. The summed E-state index contributed by atoms with van der Waals surface area (Å²) in [6, 6.07) is 14.2. The molecule has 1 aliphatic heterocycles. The van der Waals surface area contributed by atoms with Crippen LogP contribution < -0.4 is 11.4 Å². The molecule has 1 fully saturated rings. The topological polar surface area (TPSA) is 110 Å². The summed E-state index contributed by atoms with van der Waals surface area (Å²) in [5, 5.41) is 0. The van der Waals surface area contributed by atoms with Crippen molar-refractivity contribution in [2.24, 2.45) is 0 Å². The van der Waals surface area contributed by atoms with Crippen LogP contribution in [0.15, 0.2) is 52.1 Å². The van der Waals surface area contributed by atoms with Gasteiger partial charge in [0.2, 0.25) is 0 Å². The quantitative estimate of drug-likeness (QED) is 0.478. The molecule has 4 aromatic rings. The molecule has 2 aromatic carbocycles. The van der Waals surface area contributed by atoms with Crippen molar-refractivity contribution in [3.05, 3.63) is 69.0 Å². The molecule has 0 unspecified atom stereocenters. The van der Waals surface area contributed by atoms with Gasteiger partial charge in [0.25, 0.3) is 0 Å². The highest BCUT2D eigenvalue weighted by molar-refractivity contribution is 5.85. The summed E-state index contributed by atoms with van der Waals surface area (Å²) < 4.78 is 3.77. The first-order valence-electron chi connectivity index (χ1n) is 10.7. The van der Waals surface area contributed by atoms with Crippen molar-refractivity contribution in [1.82, 2.24) is 24.0 Å². The highest BCUT2D eigenvalue weighted by atomic mass is 35.5. The van der Waals surface area contributed by atoms with Crippen LogP contribution in [0.5, 0.6) is 0 Å². The Kier molecular flexibility index (Phi) is 7.28. The summed E-state index contributed by atoms with van der Waals surface area (Å²) >= 11 is 0. The molecule has 1 saturated heterocycles. The Morgan fingerprint density at radius 1 is 0.906 bits per heavy atom. The van der Waals surface area contributed by atoms with Crippen molar-refractivity contribution in [1.29, 1.82) is 0 Å². The average molecular weight is 460 g/mol. The second-order valence-electron chi connectivity index (χ2n) is 8.35. The summed E-state index contributed by atoms with van der Waals surface area (Å²) in [6.45, 7) is 5.64. The van der Waals surface area contributed by atoms with Crippen LogP contribution in [-0.4, -0.2) is 49.1 Å². The van der Waals surface area contributed by atoms with Gasteiger partial charge < -0.3 is 20.3 Å². The van der Waals surface area contributed by atoms with Gasteiger partial charge in [0.15, 0.2) is 0 Å². The van der Waals surface area contributed by atoms with Crippen molar-refractivity contribution in [2.45, 2.75) is 38.8 Å². The SMILES string of the molecule is Cc1ccc2c(c1)[nH]c(=O)n2CCCN1CCC(n2c(=O)[nH]c3ccccc32)CC1.Cl.O. The maximum atomic E-state index is 12.4. The Morgan fingerprint density at radius 3 is 2.41 bits per heavy atom. The van der Waals surface area contributed by atoms with Crippen molar-refractivity contribution < 1.29 is 5.48 Å². The number of benzene rings is 2. The smallest absolute Gasteiger partial charge is 0.326 e. The lowest BCUT2D eigenvalue weighted by atomic mass is 10.0. The number of imidazole rings is 2. The Balaban J connectivity index is 0.00000144. The second-order valence-corrected chi connectivity index (χ2v) is 8.35. The van der Waals surface area contributed by atoms with E-state index in [1.807, 2.05) is 58.5 Å². The zero-order chi connectivity index (χ0) is 20.7. The molecule has 9 heteroatoms. The van der Waals surface area contributed by atoms with Gasteiger partial charge in [0.05, 0.1) is 22.1 Å². The van der Waals surface area contributed by atoms with Crippen molar-refractivity contribution in [2.75, 3.05) is 19.6 Å². The third kappa shape index (κ3) is 4.39. The minimum atomic E-state index is -0.0342. The fourth-order valence-electron chi connectivity index (χ4n) is 4.79. The van der Waals surface area contributed by atoms with Gasteiger partial charge in [0.1, 0.15) is 0 Å². The molecule has 1 aliphatic rings. The number of H-pyrrole nitrogens is 2. The van der Waals surface area contributed by atoms with Gasteiger partial charge in [-0.2, -0.15) is 0 Å². The highest BCUT2D eigenvalue weighted by Gasteiger charge is 2.23. The summed E-state index contributed by atoms with van der Waals surface area (Å²) in [6.07, 6.45) is 2.86. The number of aryl methyl sites for hydroxylation is 2. The summed E-state index contributed by atoms with van der Waals surface area (Å²) in [7, 11) is 0. The maximum absolute atomic E-state index is 12.4. The van der Waals surface area contributed by atoms with Crippen LogP contribution in [0.1, 0.15) is 30.9 Å². The third-order valence-electron chi connectivity index (χ3n) is 6.33. The first kappa shape index (κ1) is 23.8. The van der Waals surface area contributed by atoms with E-state index >= 15 is 0 Å². The van der Waals surface area contributed by atoms with Crippen LogP contribution in [0, 0.1) is 6.92 Å². The van der Waals surface area contributed by atoms with Gasteiger partial charge in [0, 0.05) is 25.7 Å². The van der Waals surface area contributed by atoms with E-state index in [4.69, 9.17) is 0 Å². The van der Waals surface area contributed by atoms with Crippen LogP contribution in [0.3, 0.4) is 0 Å². The van der Waals surface area contributed by atoms with E-state index in [2.05, 4.69) is 14.9 Å². The molecule has 0 spiro atoms. The Hall–Kier alpha value is -2.81. The monoisotopic (exact) mass is 459 g/mol. The van der Waals surface area contributed by atoms with E-state index < -0.39 is 0 Å². The number of likely N-dealkylation sites (tertiary alicyclic amines) is 1. The first-order chi connectivity index (χ1) is 14.6. The summed E-state index contributed by atoms with van der Waals surface area (Å²) in [5.41, 5.74) is 4.89. The molecule has 0 amide bonds. The average Bonchev–Trinajstić information content (AvgIpc) is 3.23. The van der Waals surface area contributed by atoms with Crippen LogP contribution in [0.25, 0.3) is 22.1 Å². The molecule has 5 rings (SSSR count). The van der Waals surface area contributed by atoms with Gasteiger partial charge in [-0.1, -0.05) is 18.2 Å². The molecular weight excluding hydrogens is 430 g/mol. The number of aromatic amines is 2. The molecule has 2 aromatic heterocycles. The molecule has 0 saturated carbocycles. The Bertz CT molecular complexity index is 1310. The molecule has 8 nitrogen and oxygen atoms in total. The normalized spacial score (nSPS) is 15.0. The second kappa shape index (κ2) is 9.77. The molecule has 0 radical (unpaired) electrons. The largest absolute Gasteiger partial charge is 0.412 e. The van der Waals surface area contributed by atoms with E-state index in [0.717, 1.165) is 66.5 Å². The molecular formula is C23H30ClN5O3. The van der Waals surface area contributed by atoms with Crippen LogP contribution in [0.2, 0.25) is 0 Å². The molecule has 172 valence electrons. The Morgan fingerprint density at radius 2 is 1.62 bits per heavy atom. The van der Waals surface area contributed by atoms with Crippen molar-refractivity contribution in [3.63, 3.8) is 0 Å². The van der Waals surface area contributed by atoms with Gasteiger partial charge in [-0.25, -0.2) is 9.59 Å². The van der Waals surface area contributed by atoms with E-state index in [1.54, 1.807) is 0 Å². The third-order valence-corrected chi connectivity index (χ3v) is 6.33. The molecule has 0 aliphatic carbocycles. The van der Waals surface area contributed by atoms with Gasteiger partial charge in [-0.3, -0.25) is 9.13 Å². The highest BCUT2D eigenvalue weighted by Crippen LogP contribution is 2.25. The Labute approximate surface area is 191 Å². The van der Waals surface area contributed by atoms with Gasteiger partial charge in [-0.05, 0) is 62.6 Å². The van der Waals surface area contributed by atoms with Crippen molar-refractivity contribution >= 4 is 34.5 Å². The maximum Gasteiger partial charge on any atom is 0.326 e. The van der Waals surface area contributed by atoms with Crippen LogP contribution in [0.4, 0.5) is 0 Å². The fourth-order valence-corrected chi connectivity index (χ4v) is 4.79. The van der Waals surface area contributed by atoms with Crippen LogP contribution >= 0.6 is 12.4 Å². The van der Waals surface area contributed by atoms with Gasteiger partial charge in [-0.15, -0.1) is 12.4 Å². The standard InChI is InChI=1S/C23H27N5O2.ClH.H2O/c1-16-7-8-20-19(15-16)25-22(29)27(20)12-4-11-26-13-9-17(10-14-26)28-21-6-3-2-5-18(21)24-23(28)30;;/h2-3,5-8,15,17H,4,9-14H2,1H3,(H,24,30)(H,25,29);1H;1H2. The number of hydrogen-bond acceptors (Lipinski definition) is 3. The van der Waals surface area contributed by atoms with E-state index in [-0.39, 0.29) is 35.3 Å². The van der Waals surface area contributed by atoms with E-state index in [1.165, 1.54) is 0 Å². The van der Waals surface area contributed by atoms with Crippen molar-refractivity contribution in [3.8, 4) is 0 Å². The fraction of sp³-hybridized carbons (Fsp3) is 0.391. The number of hydrogen-bond donors (Lipinski definition) is 2. The predicted octanol–water partition coefficient (Wildman–Crippen LogP) is 2.61. The number of rotatable bonds is 5. The molecule has 0 bridgehead atoms. The number of para-hydroxylation sites is 2. The van der Waals surface area contributed by atoms with Gasteiger partial charge >= 0.3 is 11.4 Å². The summed E-state index contributed by atoms with van der Waals surface area (Å²) in [4.78, 5) is 33.1. The molecule has 32 heavy (non-hydrogen) atoms. The zero-order valence-corrected chi connectivity index (χ0v) is 19.0. The zero-order valence-electron chi connectivity index (χ0n) is 18.1. The predicted molar refractivity (Wildman–Crippen MR) is 130 cm³/mol. The number of nitrogens with zero attached hydrogens (tertiary/aromatic N) is 3. The lowest BCUT2D eigenvalue weighted by Crippen LogP contribution is -2.37. The lowest BCUT2D eigenvalue weighted by Gasteiger charge is -2.32.